The van der Waals surface area contributed by atoms with Crippen molar-refractivity contribution in [2.24, 2.45) is 0 Å². The highest BCUT2D eigenvalue weighted by molar-refractivity contribution is 7.98. The number of thioether (sulfide) groups is 1. The number of hydrogen-bond acceptors (Lipinski definition) is 5. The third-order valence-electron chi connectivity index (χ3n) is 3.82. The van der Waals surface area contributed by atoms with Crippen LogP contribution in [0.25, 0.3) is 0 Å². The van der Waals surface area contributed by atoms with Crippen molar-refractivity contribution in [1.29, 1.82) is 0 Å². The van der Waals surface area contributed by atoms with Crippen LogP contribution in [-0.2, 0) is 12.3 Å². The van der Waals surface area contributed by atoms with Crippen LogP contribution in [0.4, 0.5) is 0 Å². The number of rotatable bonds is 6. The van der Waals surface area contributed by atoms with Crippen LogP contribution in [0.5, 0.6) is 0 Å². The molecule has 0 fully saturated rings. The van der Waals surface area contributed by atoms with Crippen LogP contribution in [0.3, 0.4) is 0 Å². The second-order valence-corrected chi connectivity index (χ2v) is 7.76. The Bertz CT molecular complexity index is 944. The molecule has 0 aliphatic heterocycles. The van der Waals surface area contributed by atoms with Crippen LogP contribution in [0.2, 0.25) is 10.0 Å². The molecule has 3 aromatic rings. The Morgan fingerprint density at radius 3 is 2.59 bits per heavy atom. The third-order valence-corrected chi connectivity index (χ3v) is 5.67. The van der Waals surface area contributed by atoms with Crippen molar-refractivity contribution in [3.8, 4) is 0 Å². The number of carbonyl (C=O) groups is 1. The fourth-order valence-corrected chi connectivity index (χ4v) is 3.57. The zero-order valence-corrected chi connectivity index (χ0v) is 17.1. The van der Waals surface area contributed by atoms with Gasteiger partial charge in [0, 0.05) is 24.1 Å². The molecule has 5 nitrogen and oxygen atoms in total. The Balaban J connectivity index is 1.61. The van der Waals surface area contributed by atoms with E-state index in [0.29, 0.717) is 39.6 Å². The molecule has 1 amide bonds. The fraction of sp³-hybridized carbons (Fsp3) is 0.211. The van der Waals surface area contributed by atoms with Gasteiger partial charge < -0.3 is 9.42 Å². The van der Waals surface area contributed by atoms with Crippen molar-refractivity contribution in [2.45, 2.75) is 24.1 Å². The van der Waals surface area contributed by atoms with Gasteiger partial charge in [-0.15, -0.1) is 11.8 Å². The van der Waals surface area contributed by atoms with E-state index in [1.165, 1.54) is 0 Å². The lowest BCUT2D eigenvalue weighted by Crippen LogP contribution is -2.26. The predicted molar refractivity (Wildman–Crippen MR) is 107 cm³/mol. The SMILES string of the molecule is Cc1noc(CSc2ccc(C(=O)N(C)Cc3cccc(Cl)c3Cl)cc2)n1. The van der Waals surface area contributed by atoms with Gasteiger partial charge in [0.05, 0.1) is 15.8 Å². The van der Waals surface area contributed by atoms with Crippen molar-refractivity contribution >= 4 is 40.9 Å². The van der Waals surface area contributed by atoms with Crippen LogP contribution < -0.4 is 0 Å². The molecular weight excluding hydrogens is 405 g/mol. The summed E-state index contributed by atoms with van der Waals surface area (Å²) in [5, 5.41) is 4.72. The van der Waals surface area contributed by atoms with Gasteiger partial charge in [0.25, 0.3) is 5.91 Å². The van der Waals surface area contributed by atoms with E-state index in [9.17, 15) is 4.79 Å². The van der Waals surface area contributed by atoms with E-state index in [0.717, 1.165) is 10.5 Å². The summed E-state index contributed by atoms with van der Waals surface area (Å²) in [6, 6.07) is 12.8. The molecule has 0 aliphatic carbocycles. The lowest BCUT2D eigenvalue weighted by atomic mass is 10.1. The Hall–Kier alpha value is -2.02. The lowest BCUT2D eigenvalue weighted by molar-refractivity contribution is 0.0785. The molecular formula is C19H17Cl2N3O2S. The molecule has 3 rings (SSSR count). The molecule has 27 heavy (non-hydrogen) atoms. The van der Waals surface area contributed by atoms with Gasteiger partial charge in [-0.1, -0.05) is 40.5 Å². The van der Waals surface area contributed by atoms with E-state index in [1.54, 1.807) is 48.8 Å². The number of carbonyl (C=O) groups excluding carboxylic acids is 1. The Kier molecular flexibility index (Phi) is 6.42. The summed E-state index contributed by atoms with van der Waals surface area (Å²) in [5.74, 6) is 1.70. The number of halogens is 2. The average molecular weight is 422 g/mol. The van der Waals surface area contributed by atoms with Crippen molar-refractivity contribution in [1.82, 2.24) is 15.0 Å². The van der Waals surface area contributed by atoms with Crippen LogP contribution in [0.15, 0.2) is 51.9 Å². The maximum absolute atomic E-state index is 12.6. The number of aryl methyl sites for hydroxylation is 1. The monoisotopic (exact) mass is 421 g/mol. The van der Waals surface area contributed by atoms with E-state index in [-0.39, 0.29) is 5.91 Å². The Labute approximate surface area is 171 Å². The first kappa shape index (κ1) is 19.7. The second-order valence-electron chi connectivity index (χ2n) is 5.92. The van der Waals surface area contributed by atoms with Gasteiger partial charge in [-0.2, -0.15) is 4.98 Å². The highest BCUT2D eigenvalue weighted by Crippen LogP contribution is 2.27. The zero-order chi connectivity index (χ0) is 19.4. The first-order valence-corrected chi connectivity index (χ1v) is 9.88. The van der Waals surface area contributed by atoms with E-state index >= 15 is 0 Å². The number of hydrogen-bond donors (Lipinski definition) is 0. The van der Waals surface area contributed by atoms with Gasteiger partial charge in [0.2, 0.25) is 5.89 Å². The number of nitrogens with zero attached hydrogens (tertiary/aromatic N) is 3. The van der Waals surface area contributed by atoms with Gasteiger partial charge in [0.15, 0.2) is 5.82 Å². The summed E-state index contributed by atoms with van der Waals surface area (Å²) < 4.78 is 5.09. The molecule has 0 N–H and O–H groups in total. The first-order chi connectivity index (χ1) is 12.9. The first-order valence-electron chi connectivity index (χ1n) is 8.14. The van der Waals surface area contributed by atoms with Crippen LogP contribution in [-0.4, -0.2) is 28.0 Å². The maximum Gasteiger partial charge on any atom is 0.253 e. The molecule has 0 atom stereocenters. The van der Waals surface area contributed by atoms with Gasteiger partial charge in [-0.05, 0) is 42.8 Å². The number of benzene rings is 2. The third kappa shape index (κ3) is 5.03. The van der Waals surface area contributed by atoms with Gasteiger partial charge >= 0.3 is 0 Å². The van der Waals surface area contributed by atoms with E-state index < -0.39 is 0 Å². The highest BCUT2D eigenvalue weighted by atomic mass is 35.5. The summed E-state index contributed by atoms with van der Waals surface area (Å²) in [7, 11) is 1.74. The minimum atomic E-state index is -0.0879. The molecule has 0 radical (unpaired) electrons. The summed E-state index contributed by atoms with van der Waals surface area (Å²) in [6.45, 7) is 2.16. The standard InChI is InChI=1S/C19H17Cl2N3O2S/c1-12-22-17(26-23-12)11-27-15-8-6-13(7-9-15)19(25)24(2)10-14-4-3-5-16(20)18(14)21/h3-9H,10-11H2,1-2H3. The molecule has 0 saturated heterocycles. The van der Waals surface area contributed by atoms with Gasteiger partial charge in [0.1, 0.15) is 0 Å². The molecule has 2 aromatic carbocycles. The van der Waals surface area contributed by atoms with E-state index in [4.69, 9.17) is 27.7 Å². The van der Waals surface area contributed by atoms with Crippen LogP contribution >= 0.6 is 35.0 Å². The molecule has 8 heteroatoms. The molecule has 0 aliphatic rings. The summed E-state index contributed by atoms with van der Waals surface area (Å²) in [5.41, 5.74) is 1.41. The Morgan fingerprint density at radius 2 is 1.93 bits per heavy atom. The molecule has 1 heterocycles. The van der Waals surface area contributed by atoms with Gasteiger partial charge in [-0.25, -0.2) is 0 Å². The number of aromatic nitrogens is 2. The molecule has 0 unspecified atom stereocenters. The normalized spacial score (nSPS) is 10.8. The van der Waals surface area contributed by atoms with Crippen molar-refractivity contribution in [2.75, 3.05) is 7.05 Å². The topological polar surface area (TPSA) is 59.2 Å². The summed E-state index contributed by atoms with van der Waals surface area (Å²) >= 11 is 13.8. The van der Waals surface area contributed by atoms with Crippen LogP contribution in [0.1, 0.15) is 27.6 Å². The largest absolute Gasteiger partial charge is 0.338 e. The molecule has 0 spiro atoms. The minimum absolute atomic E-state index is 0.0879. The van der Waals surface area contributed by atoms with Crippen molar-refractivity contribution < 1.29 is 9.32 Å². The molecule has 0 bridgehead atoms. The van der Waals surface area contributed by atoms with Crippen LogP contribution in [0, 0.1) is 6.92 Å². The summed E-state index contributed by atoms with van der Waals surface area (Å²) in [6.07, 6.45) is 0. The predicted octanol–water partition coefficient (Wildman–Crippen LogP) is 5.25. The van der Waals surface area contributed by atoms with Crippen molar-refractivity contribution in [3.63, 3.8) is 0 Å². The van der Waals surface area contributed by atoms with E-state index in [1.807, 2.05) is 24.3 Å². The maximum atomic E-state index is 12.6. The van der Waals surface area contributed by atoms with Crippen molar-refractivity contribution in [3.05, 3.63) is 75.4 Å². The number of amides is 1. The fourth-order valence-electron chi connectivity index (χ4n) is 2.46. The van der Waals surface area contributed by atoms with Gasteiger partial charge in [-0.3, -0.25) is 4.79 Å². The Morgan fingerprint density at radius 1 is 1.19 bits per heavy atom. The molecule has 0 saturated carbocycles. The second kappa shape index (κ2) is 8.78. The minimum Gasteiger partial charge on any atom is -0.338 e. The zero-order valence-electron chi connectivity index (χ0n) is 14.8. The smallest absolute Gasteiger partial charge is 0.253 e. The quantitative estimate of drug-likeness (QED) is 0.508. The lowest BCUT2D eigenvalue weighted by Gasteiger charge is -2.18. The molecule has 140 valence electrons. The average Bonchev–Trinajstić information content (AvgIpc) is 3.09. The molecule has 1 aromatic heterocycles. The summed E-state index contributed by atoms with van der Waals surface area (Å²) in [4.78, 5) is 19.4. The highest BCUT2D eigenvalue weighted by Gasteiger charge is 2.14. The van der Waals surface area contributed by atoms with E-state index in [2.05, 4.69) is 10.1 Å².